The Bertz CT molecular complexity index is 424. The average molecular weight is 299 g/mol. The lowest BCUT2D eigenvalue weighted by molar-refractivity contribution is 0.265. The van der Waals surface area contributed by atoms with E-state index in [0.717, 1.165) is 4.68 Å². The molecule has 1 aromatic rings. The second-order valence-corrected chi connectivity index (χ2v) is 5.39. The van der Waals surface area contributed by atoms with Crippen LogP contribution in [0, 0.1) is 0 Å². The molecule has 0 radical (unpaired) electrons. The van der Waals surface area contributed by atoms with E-state index in [0.29, 0.717) is 0 Å². The predicted molar refractivity (Wildman–Crippen MR) is 55.6 cm³/mol. The van der Waals surface area contributed by atoms with Gasteiger partial charge in [0.15, 0.2) is 4.60 Å². The van der Waals surface area contributed by atoms with Gasteiger partial charge < -0.3 is 5.11 Å². The zero-order valence-electron chi connectivity index (χ0n) is 8.18. The first-order valence-corrected chi connectivity index (χ1v) is 6.34. The van der Waals surface area contributed by atoms with Crippen LogP contribution < -0.4 is 4.72 Å². The van der Waals surface area contributed by atoms with Gasteiger partial charge in [-0.05, 0) is 22.9 Å². The van der Waals surface area contributed by atoms with E-state index in [2.05, 4.69) is 31.0 Å². The SMILES string of the molecule is C[C@@H](CO)NS(=O)(=O)c1c(Br)nnn1C. The van der Waals surface area contributed by atoms with Gasteiger partial charge in [-0.1, -0.05) is 5.21 Å². The zero-order valence-corrected chi connectivity index (χ0v) is 10.6. The van der Waals surface area contributed by atoms with Crippen molar-refractivity contribution in [2.45, 2.75) is 18.0 Å². The number of nitrogens with one attached hydrogen (secondary N) is 1. The monoisotopic (exact) mass is 298 g/mol. The lowest BCUT2D eigenvalue weighted by atomic mass is 10.4. The van der Waals surface area contributed by atoms with Crippen LogP contribution in [0.1, 0.15) is 6.92 Å². The fraction of sp³-hybridized carbons (Fsp3) is 0.667. The molecule has 0 fully saturated rings. The second-order valence-electron chi connectivity index (χ2n) is 3.01. The Hall–Kier alpha value is -0.510. The van der Waals surface area contributed by atoms with Crippen LogP contribution in [0.25, 0.3) is 0 Å². The van der Waals surface area contributed by atoms with Crippen molar-refractivity contribution < 1.29 is 13.5 Å². The molecular weight excluding hydrogens is 288 g/mol. The van der Waals surface area contributed by atoms with Gasteiger partial charge in [-0.25, -0.2) is 17.8 Å². The Morgan fingerprint density at radius 3 is 2.67 bits per heavy atom. The van der Waals surface area contributed by atoms with Gasteiger partial charge in [-0.3, -0.25) is 0 Å². The number of sulfonamides is 1. The van der Waals surface area contributed by atoms with Crippen molar-refractivity contribution in [3.05, 3.63) is 4.60 Å². The van der Waals surface area contributed by atoms with Gasteiger partial charge in [-0.2, -0.15) is 0 Å². The molecule has 0 bridgehead atoms. The van der Waals surface area contributed by atoms with Crippen molar-refractivity contribution in [3.8, 4) is 0 Å². The maximum Gasteiger partial charge on any atom is 0.260 e. The molecular formula is C6H11BrN4O3S. The van der Waals surface area contributed by atoms with Crippen molar-refractivity contribution in [2.75, 3.05) is 6.61 Å². The van der Waals surface area contributed by atoms with Crippen molar-refractivity contribution in [3.63, 3.8) is 0 Å². The number of hydrogen-bond donors (Lipinski definition) is 2. The summed E-state index contributed by atoms with van der Waals surface area (Å²) < 4.78 is 27.1. The second kappa shape index (κ2) is 4.56. The molecule has 0 aliphatic carbocycles. The standard InChI is InChI=1S/C6H11BrN4O3S/c1-4(3-12)9-15(13,14)6-5(7)8-10-11(6)2/h4,9,12H,3H2,1-2H3/t4-/m0/s1. The number of nitrogens with zero attached hydrogens (tertiary/aromatic N) is 3. The highest BCUT2D eigenvalue weighted by Gasteiger charge is 2.25. The van der Waals surface area contributed by atoms with Gasteiger partial charge in [0.25, 0.3) is 10.0 Å². The summed E-state index contributed by atoms with van der Waals surface area (Å²) in [6, 6.07) is -0.559. The fourth-order valence-electron chi connectivity index (χ4n) is 0.966. The fourth-order valence-corrected chi connectivity index (χ4v) is 3.30. The Balaban J connectivity index is 3.07. The summed E-state index contributed by atoms with van der Waals surface area (Å²) in [5, 5.41) is 15.8. The van der Waals surface area contributed by atoms with Crippen molar-refractivity contribution in [1.29, 1.82) is 0 Å². The lowest BCUT2D eigenvalue weighted by Gasteiger charge is -2.10. The Kier molecular flexibility index (Phi) is 3.82. The maximum atomic E-state index is 11.8. The highest BCUT2D eigenvalue weighted by atomic mass is 79.9. The van der Waals surface area contributed by atoms with Crippen LogP contribution in [0.2, 0.25) is 0 Å². The van der Waals surface area contributed by atoms with Gasteiger partial charge in [0.05, 0.1) is 6.61 Å². The first kappa shape index (κ1) is 12.6. The van der Waals surface area contributed by atoms with E-state index in [-0.39, 0.29) is 16.2 Å². The molecule has 0 saturated heterocycles. The summed E-state index contributed by atoms with van der Waals surface area (Å²) in [5.41, 5.74) is 0. The molecule has 1 atom stereocenters. The predicted octanol–water partition coefficient (Wildman–Crippen LogP) is -0.763. The first-order chi connectivity index (χ1) is 6.88. The van der Waals surface area contributed by atoms with Crippen LogP contribution in [0.15, 0.2) is 9.63 Å². The van der Waals surface area contributed by atoms with E-state index in [1.165, 1.54) is 7.05 Å². The van der Waals surface area contributed by atoms with E-state index in [9.17, 15) is 8.42 Å². The van der Waals surface area contributed by atoms with Gasteiger partial charge in [0.1, 0.15) is 0 Å². The molecule has 86 valence electrons. The summed E-state index contributed by atoms with van der Waals surface area (Å²) in [5.74, 6) is 0. The molecule has 0 aliphatic heterocycles. The molecule has 9 heteroatoms. The van der Waals surface area contributed by atoms with E-state index < -0.39 is 16.1 Å². The molecule has 1 heterocycles. The van der Waals surface area contributed by atoms with E-state index >= 15 is 0 Å². The first-order valence-electron chi connectivity index (χ1n) is 4.07. The Labute approximate surface area is 95.7 Å². The summed E-state index contributed by atoms with van der Waals surface area (Å²) in [6.07, 6.45) is 0. The quantitative estimate of drug-likeness (QED) is 0.761. The minimum absolute atomic E-state index is 0.0669. The number of aliphatic hydroxyl groups excluding tert-OH is 1. The summed E-state index contributed by atoms with van der Waals surface area (Å²) in [4.78, 5) is 0. The summed E-state index contributed by atoms with van der Waals surface area (Å²) >= 11 is 2.99. The Morgan fingerprint density at radius 2 is 2.27 bits per heavy atom. The number of aromatic nitrogens is 3. The molecule has 0 amide bonds. The highest BCUT2D eigenvalue weighted by Crippen LogP contribution is 2.17. The van der Waals surface area contributed by atoms with Crippen LogP contribution in [-0.4, -0.2) is 41.2 Å². The van der Waals surface area contributed by atoms with Crippen molar-refractivity contribution in [1.82, 2.24) is 19.7 Å². The topological polar surface area (TPSA) is 97.1 Å². The van der Waals surface area contributed by atoms with Crippen LogP contribution in [-0.2, 0) is 17.1 Å². The van der Waals surface area contributed by atoms with E-state index in [1.807, 2.05) is 0 Å². The normalized spacial score (nSPS) is 14.1. The number of aryl methyl sites for hydroxylation is 1. The zero-order chi connectivity index (χ0) is 11.6. The number of rotatable bonds is 4. The molecule has 0 unspecified atom stereocenters. The molecule has 0 aromatic carbocycles. The smallest absolute Gasteiger partial charge is 0.260 e. The number of aliphatic hydroxyl groups is 1. The minimum atomic E-state index is -3.71. The lowest BCUT2D eigenvalue weighted by Crippen LogP contribution is -2.36. The largest absolute Gasteiger partial charge is 0.395 e. The van der Waals surface area contributed by atoms with Crippen LogP contribution >= 0.6 is 15.9 Å². The van der Waals surface area contributed by atoms with Gasteiger partial charge in [0, 0.05) is 13.1 Å². The molecule has 1 aromatic heterocycles. The third kappa shape index (κ3) is 2.74. The van der Waals surface area contributed by atoms with Gasteiger partial charge in [0.2, 0.25) is 5.03 Å². The van der Waals surface area contributed by atoms with Crippen LogP contribution in [0.3, 0.4) is 0 Å². The van der Waals surface area contributed by atoms with Gasteiger partial charge in [-0.15, -0.1) is 5.10 Å². The van der Waals surface area contributed by atoms with Gasteiger partial charge >= 0.3 is 0 Å². The molecule has 7 nitrogen and oxygen atoms in total. The van der Waals surface area contributed by atoms with Crippen LogP contribution in [0.5, 0.6) is 0 Å². The maximum absolute atomic E-state index is 11.8. The highest BCUT2D eigenvalue weighted by molar-refractivity contribution is 9.10. The molecule has 0 saturated carbocycles. The summed E-state index contributed by atoms with van der Waals surface area (Å²) in [7, 11) is -2.24. The minimum Gasteiger partial charge on any atom is -0.395 e. The third-order valence-electron chi connectivity index (χ3n) is 1.62. The molecule has 1 rings (SSSR count). The van der Waals surface area contributed by atoms with E-state index in [1.54, 1.807) is 6.92 Å². The van der Waals surface area contributed by atoms with Crippen molar-refractivity contribution in [2.24, 2.45) is 7.05 Å². The molecule has 0 spiro atoms. The average Bonchev–Trinajstić information content (AvgIpc) is 2.45. The molecule has 15 heavy (non-hydrogen) atoms. The molecule has 0 aliphatic rings. The van der Waals surface area contributed by atoms with Crippen LogP contribution in [0.4, 0.5) is 0 Å². The number of hydrogen-bond acceptors (Lipinski definition) is 5. The third-order valence-corrected chi connectivity index (χ3v) is 4.10. The van der Waals surface area contributed by atoms with Crippen molar-refractivity contribution >= 4 is 26.0 Å². The summed E-state index contributed by atoms with van der Waals surface area (Å²) in [6.45, 7) is 1.28. The molecule has 2 N–H and O–H groups in total. The Morgan fingerprint density at radius 1 is 1.67 bits per heavy atom. The number of halogens is 1. The van der Waals surface area contributed by atoms with E-state index in [4.69, 9.17) is 5.11 Å².